The molecule has 2 aliphatic rings. The van der Waals surface area contributed by atoms with Crippen molar-refractivity contribution in [2.24, 2.45) is 5.92 Å². The van der Waals surface area contributed by atoms with E-state index in [-0.39, 0.29) is 29.8 Å². The van der Waals surface area contributed by atoms with Gasteiger partial charge in [0.15, 0.2) is 0 Å². The maximum Gasteiger partial charge on any atom is 0.410 e. The maximum atomic E-state index is 12.4. The van der Waals surface area contributed by atoms with Crippen molar-refractivity contribution in [3.05, 3.63) is 0 Å². The van der Waals surface area contributed by atoms with Crippen molar-refractivity contribution >= 4 is 17.8 Å². The highest BCUT2D eigenvalue weighted by Gasteiger charge is 2.47. The summed E-state index contributed by atoms with van der Waals surface area (Å²) in [6.45, 7) is 5.44. The lowest BCUT2D eigenvalue weighted by atomic mass is 9.78. The molecule has 2 rings (SSSR count). The SMILES string of the molecule is COC(=O)C1CC2CC(=O)CC(C1)N2C(=O)OC(C)(C)C. The average molecular weight is 297 g/mol. The van der Waals surface area contributed by atoms with Gasteiger partial charge in [-0.05, 0) is 33.6 Å². The first-order valence-electron chi connectivity index (χ1n) is 7.32. The molecule has 6 nitrogen and oxygen atoms in total. The molecule has 118 valence electrons. The van der Waals surface area contributed by atoms with Crippen LogP contribution in [0.15, 0.2) is 0 Å². The third-order valence-electron chi connectivity index (χ3n) is 3.97. The van der Waals surface area contributed by atoms with Gasteiger partial charge in [-0.1, -0.05) is 0 Å². The standard InChI is InChI=1S/C15H23NO5/c1-15(2,3)21-14(19)16-10-5-9(13(18)20-4)6-11(16)8-12(17)7-10/h9-11H,5-8H2,1-4H3. The average Bonchev–Trinajstić information content (AvgIpc) is 2.33. The van der Waals surface area contributed by atoms with Gasteiger partial charge in [0.2, 0.25) is 0 Å². The number of ether oxygens (including phenoxy) is 2. The van der Waals surface area contributed by atoms with Crippen LogP contribution in [-0.2, 0) is 19.1 Å². The Morgan fingerprint density at radius 2 is 1.67 bits per heavy atom. The van der Waals surface area contributed by atoms with Gasteiger partial charge in [0, 0.05) is 24.9 Å². The highest BCUT2D eigenvalue weighted by Crippen LogP contribution is 2.37. The molecule has 0 saturated carbocycles. The molecule has 2 bridgehead atoms. The first kappa shape index (κ1) is 15.8. The second kappa shape index (κ2) is 5.66. The van der Waals surface area contributed by atoms with E-state index in [9.17, 15) is 14.4 Å². The van der Waals surface area contributed by atoms with Gasteiger partial charge in [-0.2, -0.15) is 0 Å². The Morgan fingerprint density at radius 3 is 2.10 bits per heavy atom. The van der Waals surface area contributed by atoms with Gasteiger partial charge < -0.3 is 14.4 Å². The van der Waals surface area contributed by atoms with Crippen LogP contribution in [0.25, 0.3) is 0 Å². The second-order valence-electron chi connectivity index (χ2n) is 6.83. The predicted molar refractivity (Wildman–Crippen MR) is 74.6 cm³/mol. The molecule has 0 radical (unpaired) electrons. The number of fused-ring (bicyclic) bond motifs is 2. The maximum absolute atomic E-state index is 12.4. The number of hydrogen-bond donors (Lipinski definition) is 0. The molecule has 2 heterocycles. The summed E-state index contributed by atoms with van der Waals surface area (Å²) in [5.74, 6) is -0.354. The van der Waals surface area contributed by atoms with Crippen LogP contribution in [0.1, 0.15) is 46.5 Å². The quantitative estimate of drug-likeness (QED) is 0.691. The van der Waals surface area contributed by atoms with Crippen LogP contribution >= 0.6 is 0 Å². The molecule has 0 spiro atoms. The summed E-state index contributed by atoms with van der Waals surface area (Å²) in [6, 6.07) is -0.520. The Bertz CT molecular complexity index is 435. The van der Waals surface area contributed by atoms with Crippen LogP contribution in [0.5, 0.6) is 0 Å². The molecule has 2 saturated heterocycles. The van der Waals surface area contributed by atoms with Gasteiger partial charge >= 0.3 is 12.1 Å². The number of amides is 1. The lowest BCUT2D eigenvalue weighted by Gasteiger charge is -2.47. The normalized spacial score (nSPS) is 29.0. The monoisotopic (exact) mass is 297 g/mol. The van der Waals surface area contributed by atoms with Gasteiger partial charge in [-0.3, -0.25) is 9.59 Å². The first-order valence-corrected chi connectivity index (χ1v) is 7.32. The van der Waals surface area contributed by atoms with Crippen LogP contribution in [0.3, 0.4) is 0 Å². The fraction of sp³-hybridized carbons (Fsp3) is 0.800. The zero-order chi connectivity index (χ0) is 15.8. The van der Waals surface area contributed by atoms with Crippen molar-refractivity contribution in [2.45, 2.75) is 64.1 Å². The Balaban J connectivity index is 2.15. The third-order valence-corrected chi connectivity index (χ3v) is 3.97. The minimum atomic E-state index is -0.575. The summed E-state index contributed by atoms with van der Waals surface area (Å²) < 4.78 is 10.2. The third kappa shape index (κ3) is 3.54. The molecule has 1 amide bonds. The van der Waals surface area contributed by atoms with Gasteiger partial charge in [-0.15, -0.1) is 0 Å². The molecule has 21 heavy (non-hydrogen) atoms. The van der Waals surface area contributed by atoms with Crippen molar-refractivity contribution in [3.63, 3.8) is 0 Å². The van der Waals surface area contributed by atoms with Crippen molar-refractivity contribution in [1.29, 1.82) is 0 Å². The highest BCUT2D eigenvalue weighted by molar-refractivity contribution is 5.84. The molecule has 2 unspecified atom stereocenters. The van der Waals surface area contributed by atoms with E-state index in [1.165, 1.54) is 7.11 Å². The molecule has 2 aliphatic heterocycles. The molecule has 0 aromatic rings. The van der Waals surface area contributed by atoms with Crippen LogP contribution in [-0.4, -0.2) is 47.5 Å². The Kier molecular flexibility index (Phi) is 4.25. The number of rotatable bonds is 1. The van der Waals surface area contributed by atoms with Crippen LogP contribution in [0.2, 0.25) is 0 Å². The summed E-state index contributed by atoms with van der Waals surface area (Å²) in [6.07, 6.45) is 1.13. The molecule has 0 aliphatic carbocycles. The minimum Gasteiger partial charge on any atom is -0.469 e. The summed E-state index contributed by atoms with van der Waals surface area (Å²) in [5.41, 5.74) is -0.575. The lowest BCUT2D eigenvalue weighted by Crippen LogP contribution is -2.58. The van der Waals surface area contributed by atoms with E-state index in [1.54, 1.807) is 4.90 Å². The van der Waals surface area contributed by atoms with Crippen molar-refractivity contribution in [1.82, 2.24) is 4.90 Å². The number of Topliss-reactive ketones (excluding diaryl/α,β-unsaturated/α-hetero) is 1. The van der Waals surface area contributed by atoms with E-state index in [0.717, 1.165) is 0 Å². The molecular weight excluding hydrogens is 274 g/mol. The number of carbonyl (C=O) groups excluding carboxylic acids is 3. The summed E-state index contributed by atoms with van der Waals surface area (Å²) in [7, 11) is 1.36. The number of ketones is 1. The molecule has 2 fully saturated rings. The predicted octanol–water partition coefficient (Wildman–Crippen LogP) is 1.91. The number of carbonyl (C=O) groups is 3. The van der Waals surface area contributed by atoms with E-state index in [0.29, 0.717) is 25.7 Å². The molecule has 0 aromatic heterocycles. The largest absolute Gasteiger partial charge is 0.469 e. The number of nitrogens with zero attached hydrogens (tertiary/aromatic N) is 1. The van der Waals surface area contributed by atoms with Crippen molar-refractivity contribution in [2.75, 3.05) is 7.11 Å². The number of hydrogen-bond acceptors (Lipinski definition) is 5. The molecule has 2 atom stereocenters. The second-order valence-corrected chi connectivity index (χ2v) is 6.83. The lowest BCUT2D eigenvalue weighted by molar-refractivity contribution is -0.151. The van der Waals surface area contributed by atoms with E-state index >= 15 is 0 Å². The minimum absolute atomic E-state index is 0.146. The van der Waals surface area contributed by atoms with Crippen molar-refractivity contribution < 1.29 is 23.9 Å². The van der Waals surface area contributed by atoms with Crippen LogP contribution in [0, 0.1) is 5.92 Å². The Hall–Kier alpha value is -1.59. The van der Waals surface area contributed by atoms with E-state index < -0.39 is 11.7 Å². The van der Waals surface area contributed by atoms with Gasteiger partial charge in [-0.25, -0.2) is 4.79 Å². The van der Waals surface area contributed by atoms with E-state index in [2.05, 4.69) is 0 Å². The number of piperidine rings is 2. The fourth-order valence-corrected chi connectivity index (χ4v) is 3.22. The summed E-state index contributed by atoms with van der Waals surface area (Å²) in [4.78, 5) is 37.5. The topological polar surface area (TPSA) is 72.9 Å². The van der Waals surface area contributed by atoms with Crippen LogP contribution < -0.4 is 0 Å². The first-order chi connectivity index (χ1) is 9.71. The van der Waals surface area contributed by atoms with Gasteiger partial charge in [0.1, 0.15) is 11.4 Å². The highest BCUT2D eigenvalue weighted by atomic mass is 16.6. The fourth-order valence-electron chi connectivity index (χ4n) is 3.22. The Labute approximate surface area is 124 Å². The molecule has 6 heteroatoms. The van der Waals surface area contributed by atoms with Gasteiger partial charge in [0.25, 0.3) is 0 Å². The number of methoxy groups -OCH3 is 1. The van der Waals surface area contributed by atoms with Gasteiger partial charge in [0.05, 0.1) is 13.0 Å². The van der Waals surface area contributed by atoms with Crippen LogP contribution in [0.4, 0.5) is 4.79 Å². The zero-order valence-corrected chi connectivity index (χ0v) is 13.0. The van der Waals surface area contributed by atoms with E-state index in [4.69, 9.17) is 9.47 Å². The Morgan fingerprint density at radius 1 is 1.14 bits per heavy atom. The van der Waals surface area contributed by atoms with E-state index in [1.807, 2.05) is 20.8 Å². The zero-order valence-electron chi connectivity index (χ0n) is 13.0. The molecule has 0 N–H and O–H groups in total. The summed E-state index contributed by atoms with van der Waals surface area (Å²) in [5, 5.41) is 0. The summed E-state index contributed by atoms with van der Waals surface area (Å²) >= 11 is 0. The molecule has 0 aromatic carbocycles. The smallest absolute Gasteiger partial charge is 0.410 e. The van der Waals surface area contributed by atoms with Crippen molar-refractivity contribution in [3.8, 4) is 0 Å². The molecular formula is C15H23NO5. The number of esters is 1.